The van der Waals surface area contributed by atoms with E-state index >= 15 is 0 Å². The van der Waals surface area contributed by atoms with Crippen molar-refractivity contribution in [2.45, 2.75) is 30.2 Å². The molecule has 0 saturated carbocycles. The molecule has 1 aliphatic rings. The highest BCUT2D eigenvalue weighted by Gasteiger charge is 2.27. The number of anilines is 2. The van der Waals surface area contributed by atoms with E-state index in [1.807, 2.05) is 30.3 Å². The third-order valence-electron chi connectivity index (χ3n) is 5.52. The van der Waals surface area contributed by atoms with E-state index in [1.54, 1.807) is 30.3 Å². The first kappa shape index (κ1) is 23.5. The molecule has 0 saturated heterocycles. The van der Waals surface area contributed by atoms with Gasteiger partial charge in [-0.25, -0.2) is 8.42 Å². The molecule has 8 nitrogen and oxygen atoms in total. The van der Waals surface area contributed by atoms with E-state index in [2.05, 4.69) is 15.4 Å². The maximum Gasteiger partial charge on any atom is 0.242 e. The fourth-order valence-electron chi connectivity index (χ4n) is 3.75. The van der Waals surface area contributed by atoms with Crippen molar-refractivity contribution in [3.05, 3.63) is 83.9 Å². The van der Waals surface area contributed by atoms with Crippen LogP contribution in [0, 0.1) is 0 Å². The lowest BCUT2D eigenvalue weighted by molar-refractivity contribution is -0.118. The first-order valence-electron chi connectivity index (χ1n) is 10.8. The molecule has 9 heteroatoms. The van der Waals surface area contributed by atoms with Gasteiger partial charge in [0.25, 0.3) is 0 Å². The van der Waals surface area contributed by atoms with Gasteiger partial charge >= 0.3 is 0 Å². The van der Waals surface area contributed by atoms with Crippen LogP contribution in [0.2, 0.25) is 0 Å². The van der Waals surface area contributed by atoms with E-state index in [9.17, 15) is 18.0 Å². The number of sulfonamides is 1. The molecule has 1 atom stereocenters. The molecule has 2 amide bonds. The molecule has 1 aliphatic heterocycles. The summed E-state index contributed by atoms with van der Waals surface area (Å²) in [6.07, 6.45) is 0.911. The van der Waals surface area contributed by atoms with Gasteiger partial charge in [-0.1, -0.05) is 36.4 Å². The highest BCUT2D eigenvalue weighted by Crippen LogP contribution is 2.26. The van der Waals surface area contributed by atoms with Crippen molar-refractivity contribution in [2.75, 3.05) is 17.7 Å². The number of nitrogens with one attached hydrogen (secondary N) is 3. The Morgan fingerprint density at radius 1 is 1.03 bits per heavy atom. The SMILES string of the molecule is COc1cccc(NC(=O)[C@H](Cc2ccccc2)NS(=O)(=O)c2ccc3c(c2)CCC(=O)N3)c1. The van der Waals surface area contributed by atoms with Crippen molar-refractivity contribution >= 4 is 33.2 Å². The minimum atomic E-state index is -4.02. The van der Waals surface area contributed by atoms with Crippen molar-refractivity contribution < 1.29 is 22.7 Å². The van der Waals surface area contributed by atoms with Crippen molar-refractivity contribution in [3.63, 3.8) is 0 Å². The average molecular weight is 480 g/mol. The minimum absolute atomic E-state index is 0.0367. The Labute approximate surface area is 198 Å². The van der Waals surface area contributed by atoms with Crippen molar-refractivity contribution in [1.29, 1.82) is 0 Å². The molecule has 0 unspecified atom stereocenters. The number of carbonyl (C=O) groups excluding carboxylic acids is 2. The van der Waals surface area contributed by atoms with Crippen molar-refractivity contribution in [2.24, 2.45) is 0 Å². The van der Waals surface area contributed by atoms with E-state index in [1.165, 1.54) is 19.2 Å². The van der Waals surface area contributed by atoms with Crippen LogP contribution in [-0.2, 0) is 32.5 Å². The summed E-state index contributed by atoms with van der Waals surface area (Å²) in [6, 6.07) is 19.5. The summed E-state index contributed by atoms with van der Waals surface area (Å²) < 4.78 is 34.2. The van der Waals surface area contributed by atoms with Crippen LogP contribution in [0.25, 0.3) is 0 Å². The molecule has 4 rings (SSSR count). The second-order valence-corrected chi connectivity index (χ2v) is 9.67. The number of ether oxygens (including phenoxy) is 1. The third kappa shape index (κ3) is 5.62. The fraction of sp³-hybridized carbons (Fsp3) is 0.200. The first-order chi connectivity index (χ1) is 16.3. The maximum absolute atomic E-state index is 13.2. The molecule has 0 radical (unpaired) electrons. The zero-order valence-electron chi connectivity index (χ0n) is 18.6. The molecule has 1 heterocycles. The van der Waals surface area contributed by atoms with Crippen LogP contribution in [0.1, 0.15) is 17.5 Å². The molecule has 3 aromatic carbocycles. The van der Waals surface area contributed by atoms with Crippen LogP contribution in [0.15, 0.2) is 77.7 Å². The van der Waals surface area contributed by atoms with Crippen LogP contribution in [0.3, 0.4) is 0 Å². The van der Waals surface area contributed by atoms with Gasteiger partial charge in [0, 0.05) is 23.9 Å². The summed E-state index contributed by atoms with van der Waals surface area (Å²) in [7, 11) is -2.50. The van der Waals surface area contributed by atoms with Crippen LogP contribution in [-0.4, -0.2) is 33.4 Å². The van der Waals surface area contributed by atoms with Gasteiger partial charge in [-0.3, -0.25) is 9.59 Å². The van der Waals surface area contributed by atoms with Crippen molar-refractivity contribution in [3.8, 4) is 5.75 Å². The number of hydrogen-bond donors (Lipinski definition) is 3. The Balaban J connectivity index is 1.59. The van der Waals surface area contributed by atoms with Gasteiger partial charge in [0.1, 0.15) is 11.8 Å². The average Bonchev–Trinajstić information content (AvgIpc) is 2.84. The van der Waals surface area contributed by atoms with E-state index in [-0.39, 0.29) is 17.2 Å². The Hall–Kier alpha value is -3.69. The monoisotopic (exact) mass is 479 g/mol. The highest BCUT2D eigenvalue weighted by molar-refractivity contribution is 7.89. The largest absolute Gasteiger partial charge is 0.497 e. The molecule has 3 N–H and O–H groups in total. The second kappa shape index (κ2) is 10.1. The molecule has 0 bridgehead atoms. The molecule has 0 fully saturated rings. The predicted molar refractivity (Wildman–Crippen MR) is 129 cm³/mol. The van der Waals surface area contributed by atoms with Gasteiger partial charge in [0.2, 0.25) is 21.8 Å². The number of carbonyl (C=O) groups is 2. The summed E-state index contributed by atoms with van der Waals surface area (Å²) in [4.78, 5) is 24.8. The number of amides is 2. The Morgan fingerprint density at radius 3 is 2.59 bits per heavy atom. The van der Waals surface area contributed by atoms with Crippen LogP contribution in [0.5, 0.6) is 5.75 Å². The normalized spacial score (nSPS) is 14.0. The Kier molecular flexibility index (Phi) is 6.95. The van der Waals surface area contributed by atoms with Gasteiger partial charge in [-0.2, -0.15) is 4.72 Å². The van der Waals surface area contributed by atoms with Gasteiger partial charge in [0.05, 0.1) is 12.0 Å². The standard InChI is InChI=1S/C25H25N3O5S/c1-33-20-9-5-8-19(16-20)26-25(30)23(14-17-6-3-2-4-7-17)28-34(31,32)21-11-12-22-18(15-21)10-13-24(29)27-22/h2-9,11-12,15-16,23,28H,10,13-14H2,1H3,(H,26,30)(H,27,29)/t23-/m0/s1. The van der Waals surface area contributed by atoms with E-state index in [4.69, 9.17) is 4.74 Å². The van der Waals surface area contributed by atoms with Gasteiger partial charge in [-0.15, -0.1) is 0 Å². The van der Waals surface area contributed by atoms with Gasteiger partial charge in [0.15, 0.2) is 0 Å². The summed E-state index contributed by atoms with van der Waals surface area (Å²) in [6.45, 7) is 0. The Bertz CT molecular complexity index is 1310. The van der Waals surface area contributed by atoms with Crippen molar-refractivity contribution in [1.82, 2.24) is 4.72 Å². The maximum atomic E-state index is 13.2. The lowest BCUT2D eigenvalue weighted by atomic mass is 10.0. The zero-order chi connectivity index (χ0) is 24.1. The van der Waals surface area contributed by atoms with Crippen LogP contribution in [0.4, 0.5) is 11.4 Å². The number of hydrogen-bond acceptors (Lipinski definition) is 5. The van der Waals surface area contributed by atoms with E-state index in [0.717, 1.165) is 11.1 Å². The predicted octanol–water partition coefficient (Wildman–Crippen LogP) is 3.11. The molecule has 34 heavy (non-hydrogen) atoms. The number of benzene rings is 3. The molecule has 0 spiro atoms. The number of rotatable bonds is 8. The third-order valence-corrected chi connectivity index (χ3v) is 6.99. The number of aryl methyl sites for hydroxylation is 1. The van der Waals surface area contributed by atoms with Crippen LogP contribution >= 0.6 is 0 Å². The quantitative estimate of drug-likeness (QED) is 0.459. The number of fused-ring (bicyclic) bond motifs is 1. The van der Waals surface area contributed by atoms with E-state index < -0.39 is 22.0 Å². The lowest BCUT2D eigenvalue weighted by Gasteiger charge is -2.21. The Morgan fingerprint density at radius 2 is 1.82 bits per heavy atom. The molecule has 0 aliphatic carbocycles. The topological polar surface area (TPSA) is 114 Å². The number of methoxy groups -OCH3 is 1. The second-order valence-electron chi connectivity index (χ2n) is 7.95. The van der Waals surface area contributed by atoms with E-state index in [0.29, 0.717) is 30.0 Å². The highest BCUT2D eigenvalue weighted by atomic mass is 32.2. The van der Waals surface area contributed by atoms with Gasteiger partial charge in [-0.05, 0) is 54.3 Å². The zero-order valence-corrected chi connectivity index (χ0v) is 19.4. The smallest absolute Gasteiger partial charge is 0.242 e. The molecule has 3 aromatic rings. The summed E-state index contributed by atoms with van der Waals surface area (Å²) in [5.41, 5.74) is 2.64. The molecule has 176 valence electrons. The van der Waals surface area contributed by atoms with Crippen LogP contribution < -0.4 is 20.1 Å². The molecular weight excluding hydrogens is 454 g/mol. The lowest BCUT2D eigenvalue weighted by Crippen LogP contribution is -2.45. The first-order valence-corrected chi connectivity index (χ1v) is 12.3. The molecular formula is C25H25N3O5S. The minimum Gasteiger partial charge on any atom is -0.497 e. The molecule has 0 aromatic heterocycles. The fourth-order valence-corrected chi connectivity index (χ4v) is 5.00. The van der Waals surface area contributed by atoms with Gasteiger partial charge < -0.3 is 15.4 Å². The summed E-state index contributed by atoms with van der Waals surface area (Å²) in [5, 5.41) is 5.51. The summed E-state index contributed by atoms with van der Waals surface area (Å²) in [5.74, 6) is -0.0246. The summed E-state index contributed by atoms with van der Waals surface area (Å²) >= 11 is 0.